The number of aromatic nitrogens is 1. The van der Waals surface area contributed by atoms with Crippen LogP contribution in [0.5, 0.6) is 5.75 Å². The van der Waals surface area contributed by atoms with Gasteiger partial charge in [0.05, 0.1) is 6.42 Å². The maximum absolute atomic E-state index is 11.9. The molecule has 1 aromatic heterocycles. The van der Waals surface area contributed by atoms with Crippen molar-refractivity contribution < 1.29 is 14.3 Å². The molecule has 0 radical (unpaired) electrons. The van der Waals surface area contributed by atoms with Gasteiger partial charge in [-0.2, -0.15) is 0 Å². The normalized spacial score (nSPS) is 10.6. The largest absolute Gasteiger partial charge is 0.484 e. The van der Waals surface area contributed by atoms with E-state index in [1.54, 1.807) is 24.3 Å². The van der Waals surface area contributed by atoms with Crippen molar-refractivity contribution in [2.75, 3.05) is 13.2 Å². The van der Waals surface area contributed by atoms with E-state index in [-0.39, 0.29) is 24.8 Å². The molecular weight excluding hydrogens is 330 g/mol. The van der Waals surface area contributed by atoms with Crippen LogP contribution in [0.15, 0.2) is 54.7 Å². The van der Waals surface area contributed by atoms with Crippen LogP contribution in [0, 0.1) is 0 Å². The molecule has 0 saturated carbocycles. The molecule has 0 bridgehead atoms. The molecule has 0 spiro atoms. The number of hydrogen-bond donors (Lipinski definition) is 3. The summed E-state index contributed by atoms with van der Waals surface area (Å²) in [5.41, 5.74) is 8.23. The van der Waals surface area contributed by atoms with Crippen molar-refractivity contribution in [1.82, 2.24) is 10.3 Å². The lowest BCUT2D eigenvalue weighted by molar-refractivity contribution is -0.123. The number of carbonyl (C=O) groups excluding carboxylic acids is 2. The average Bonchev–Trinajstić information content (AvgIpc) is 3.04. The van der Waals surface area contributed by atoms with Crippen LogP contribution in [0.25, 0.3) is 10.9 Å². The van der Waals surface area contributed by atoms with E-state index < -0.39 is 0 Å². The molecule has 3 rings (SSSR count). The zero-order chi connectivity index (χ0) is 18.4. The van der Waals surface area contributed by atoms with Gasteiger partial charge in [0.1, 0.15) is 5.75 Å². The molecule has 0 fully saturated rings. The van der Waals surface area contributed by atoms with Crippen LogP contribution >= 0.6 is 0 Å². The van der Waals surface area contributed by atoms with Gasteiger partial charge in [-0.05, 0) is 35.7 Å². The quantitative estimate of drug-likeness (QED) is 0.578. The fraction of sp³-hybridized carbons (Fsp3) is 0.200. The van der Waals surface area contributed by atoms with Gasteiger partial charge in [0.25, 0.3) is 5.91 Å². The Morgan fingerprint density at radius 2 is 1.85 bits per heavy atom. The summed E-state index contributed by atoms with van der Waals surface area (Å²) in [6, 6.07) is 15.0. The minimum absolute atomic E-state index is 0.0525. The highest BCUT2D eigenvalue weighted by molar-refractivity contribution is 5.83. The number of nitrogens with one attached hydrogen (secondary N) is 2. The first-order chi connectivity index (χ1) is 12.6. The molecule has 134 valence electrons. The first-order valence-electron chi connectivity index (χ1n) is 8.43. The van der Waals surface area contributed by atoms with Gasteiger partial charge >= 0.3 is 0 Å². The molecule has 6 nitrogen and oxygen atoms in total. The Morgan fingerprint density at radius 3 is 2.62 bits per heavy atom. The zero-order valence-corrected chi connectivity index (χ0v) is 14.3. The lowest BCUT2D eigenvalue weighted by Crippen LogP contribution is -2.30. The topological polar surface area (TPSA) is 97.2 Å². The van der Waals surface area contributed by atoms with Gasteiger partial charge in [0.15, 0.2) is 6.61 Å². The summed E-state index contributed by atoms with van der Waals surface area (Å²) < 4.78 is 5.45. The summed E-state index contributed by atoms with van der Waals surface area (Å²) in [6.07, 6.45) is 2.91. The van der Waals surface area contributed by atoms with Crippen molar-refractivity contribution >= 4 is 22.7 Å². The molecule has 0 aliphatic heterocycles. The Balaban J connectivity index is 1.42. The number of para-hydroxylation sites is 1. The lowest BCUT2D eigenvalue weighted by atomic mass is 10.1. The highest BCUT2D eigenvalue weighted by Gasteiger charge is 2.06. The first kappa shape index (κ1) is 17.5. The van der Waals surface area contributed by atoms with E-state index in [0.29, 0.717) is 12.3 Å². The summed E-state index contributed by atoms with van der Waals surface area (Å²) in [5, 5.41) is 4.03. The zero-order valence-electron chi connectivity index (χ0n) is 14.3. The van der Waals surface area contributed by atoms with Crippen LogP contribution in [0.1, 0.15) is 11.1 Å². The van der Waals surface area contributed by atoms with Gasteiger partial charge in [-0.3, -0.25) is 9.59 Å². The molecular formula is C20H21N3O3. The van der Waals surface area contributed by atoms with Crippen molar-refractivity contribution in [1.29, 1.82) is 0 Å². The fourth-order valence-electron chi connectivity index (χ4n) is 2.78. The average molecular weight is 351 g/mol. The lowest BCUT2D eigenvalue weighted by Gasteiger charge is -2.08. The molecule has 0 saturated heterocycles. The highest BCUT2D eigenvalue weighted by Crippen LogP contribution is 2.17. The SMILES string of the molecule is NC(=O)Cc1ccc(OCC(=O)NCCc2c[nH]c3ccccc23)cc1. The van der Waals surface area contributed by atoms with Crippen LogP contribution in [-0.2, 0) is 22.4 Å². The molecule has 0 unspecified atom stereocenters. The third-order valence-corrected chi connectivity index (χ3v) is 4.06. The first-order valence-corrected chi connectivity index (χ1v) is 8.43. The van der Waals surface area contributed by atoms with Gasteiger partial charge in [0, 0.05) is 23.6 Å². The number of benzene rings is 2. The molecule has 6 heteroatoms. The number of hydrogen-bond acceptors (Lipinski definition) is 3. The number of rotatable bonds is 8. The highest BCUT2D eigenvalue weighted by atomic mass is 16.5. The maximum Gasteiger partial charge on any atom is 0.257 e. The molecule has 2 aromatic carbocycles. The number of amides is 2. The van der Waals surface area contributed by atoms with Gasteiger partial charge in [0.2, 0.25) is 5.91 Å². The molecule has 4 N–H and O–H groups in total. The van der Waals surface area contributed by atoms with E-state index in [9.17, 15) is 9.59 Å². The van der Waals surface area contributed by atoms with E-state index >= 15 is 0 Å². The number of carbonyl (C=O) groups is 2. The molecule has 1 heterocycles. The van der Waals surface area contributed by atoms with Gasteiger partial charge in [-0.15, -0.1) is 0 Å². The van der Waals surface area contributed by atoms with Crippen molar-refractivity contribution in [3.05, 3.63) is 65.9 Å². The number of ether oxygens (including phenoxy) is 1. The molecule has 2 amide bonds. The van der Waals surface area contributed by atoms with E-state index in [4.69, 9.17) is 10.5 Å². The van der Waals surface area contributed by atoms with Gasteiger partial charge in [-0.25, -0.2) is 0 Å². The minimum Gasteiger partial charge on any atom is -0.484 e. The Bertz CT molecular complexity index is 900. The molecule has 3 aromatic rings. The summed E-state index contributed by atoms with van der Waals surface area (Å²) in [4.78, 5) is 26.0. The van der Waals surface area contributed by atoms with E-state index in [2.05, 4.69) is 16.4 Å². The van der Waals surface area contributed by atoms with Crippen LogP contribution in [0.2, 0.25) is 0 Å². The van der Waals surface area contributed by atoms with Crippen LogP contribution in [0.4, 0.5) is 0 Å². The van der Waals surface area contributed by atoms with Crippen molar-refractivity contribution in [3.8, 4) is 5.75 Å². The van der Waals surface area contributed by atoms with Gasteiger partial charge < -0.3 is 20.8 Å². The van der Waals surface area contributed by atoms with Crippen molar-refractivity contribution in [3.63, 3.8) is 0 Å². The summed E-state index contributed by atoms with van der Waals surface area (Å²) in [5.74, 6) is 0.0179. The second-order valence-electron chi connectivity index (χ2n) is 6.04. The maximum atomic E-state index is 11.9. The van der Waals surface area contributed by atoms with Crippen LogP contribution in [-0.4, -0.2) is 29.9 Å². The van der Waals surface area contributed by atoms with E-state index in [0.717, 1.165) is 17.5 Å². The second kappa shape index (κ2) is 8.20. The standard InChI is InChI=1S/C20H21N3O3/c21-19(24)11-14-5-7-16(8-6-14)26-13-20(25)22-10-9-15-12-23-18-4-2-1-3-17(15)18/h1-8,12,23H,9-11,13H2,(H2,21,24)(H,22,25). The van der Waals surface area contributed by atoms with E-state index in [1.165, 1.54) is 10.9 Å². The Morgan fingerprint density at radius 1 is 1.08 bits per heavy atom. The second-order valence-corrected chi connectivity index (χ2v) is 6.04. The monoisotopic (exact) mass is 351 g/mol. The number of aromatic amines is 1. The number of primary amides is 1. The molecule has 26 heavy (non-hydrogen) atoms. The predicted molar refractivity (Wildman–Crippen MR) is 99.8 cm³/mol. The fourth-order valence-corrected chi connectivity index (χ4v) is 2.78. The van der Waals surface area contributed by atoms with Crippen molar-refractivity contribution in [2.45, 2.75) is 12.8 Å². The number of fused-ring (bicyclic) bond motifs is 1. The third kappa shape index (κ3) is 4.63. The Hall–Kier alpha value is -3.28. The molecule has 0 aliphatic carbocycles. The van der Waals surface area contributed by atoms with Crippen LogP contribution in [0.3, 0.4) is 0 Å². The summed E-state index contributed by atoms with van der Waals surface area (Å²) in [7, 11) is 0. The third-order valence-electron chi connectivity index (χ3n) is 4.06. The Labute approximate surface area is 151 Å². The molecule has 0 aliphatic rings. The van der Waals surface area contributed by atoms with Crippen LogP contribution < -0.4 is 15.8 Å². The predicted octanol–water partition coefficient (Wildman–Crippen LogP) is 1.93. The smallest absolute Gasteiger partial charge is 0.257 e. The van der Waals surface area contributed by atoms with Crippen molar-refractivity contribution in [2.24, 2.45) is 5.73 Å². The summed E-state index contributed by atoms with van der Waals surface area (Å²) >= 11 is 0. The summed E-state index contributed by atoms with van der Waals surface area (Å²) in [6.45, 7) is 0.491. The Kier molecular flexibility index (Phi) is 5.53. The number of nitrogens with two attached hydrogens (primary N) is 1. The minimum atomic E-state index is -0.381. The molecule has 0 atom stereocenters. The van der Waals surface area contributed by atoms with Gasteiger partial charge in [-0.1, -0.05) is 30.3 Å². The van der Waals surface area contributed by atoms with E-state index in [1.807, 2.05) is 24.4 Å². The number of H-pyrrole nitrogens is 1.